The first kappa shape index (κ1) is 14.0. The molecule has 0 unspecified atom stereocenters. The monoisotopic (exact) mass is 380 g/mol. The summed E-state index contributed by atoms with van der Waals surface area (Å²) in [6.45, 7) is 0. The van der Waals surface area contributed by atoms with E-state index in [-0.39, 0.29) is 0 Å². The van der Waals surface area contributed by atoms with Gasteiger partial charge in [0, 0.05) is 14.5 Å². The van der Waals surface area contributed by atoms with Crippen molar-refractivity contribution in [2.24, 2.45) is 0 Å². The molecule has 0 saturated heterocycles. The second-order valence-corrected chi connectivity index (χ2v) is 5.55. The second-order valence-electron chi connectivity index (χ2n) is 3.72. The molecule has 0 saturated carbocycles. The summed E-state index contributed by atoms with van der Waals surface area (Å²) in [5.41, 5.74) is 0.882. The molecule has 0 aliphatic rings. The minimum absolute atomic E-state index is 0.415. The first-order valence-electron chi connectivity index (χ1n) is 5.35. The van der Waals surface area contributed by atoms with Gasteiger partial charge in [0.15, 0.2) is 0 Å². The van der Waals surface area contributed by atoms with Crippen LogP contribution in [0.25, 0.3) is 0 Å². The summed E-state index contributed by atoms with van der Waals surface area (Å²) >= 11 is 6.59. The molecule has 0 fully saturated rings. The van der Waals surface area contributed by atoms with Gasteiger partial charge in [-0.05, 0) is 36.4 Å². The van der Waals surface area contributed by atoms with Gasteiger partial charge in [-0.2, -0.15) is 0 Å². The Morgan fingerprint density at radius 3 is 2.21 bits per heavy atom. The van der Waals surface area contributed by atoms with E-state index >= 15 is 0 Å². The summed E-state index contributed by atoms with van der Waals surface area (Å²) in [5, 5.41) is 0. The van der Waals surface area contributed by atoms with Crippen molar-refractivity contribution in [1.82, 2.24) is 0 Å². The van der Waals surface area contributed by atoms with Gasteiger partial charge in [-0.25, -0.2) is 4.90 Å². The number of rotatable bonds is 3. The minimum Gasteiger partial charge on any atom is -0.268 e. The molecule has 19 heavy (non-hydrogen) atoms. The van der Waals surface area contributed by atoms with Crippen LogP contribution in [0.4, 0.5) is 5.69 Å². The summed E-state index contributed by atoms with van der Waals surface area (Å²) in [6.07, 6.45) is 1.66. The van der Waals surface area contributed by atoms with Crippen LogP contribution in [0.5, 0.6) is 0 Å². The number of hydrogen-bond acceptors (Lipinski definition) is 2. The molecule has 0 aliphatic carbocycles. The standard InChI is InChI=1S/C14H8Br2NO2/c15-11-4-1-3-10(7-11)14(19)17(9-18)13-6-2-5-12(16)8-13/h1-8H. The zero-order valence-electron chi connectivity index (χ0n) is 9.64. The van der Waals surface area contributed by atoms with Crippen LogP contribution in [-0.4, -0.2) is 12.3 Å². The smallest absolute Gasteiger partial charge is 0.268 e. The van der Waals surface area contributed by atoms with Gasteiger partial charge in [0.05, 0.1) is 5.69 Å². The Bertz CT molecular complexity index is 628. The van der Waals surface area contributed by atoms with E-state index in [4.69, 9.17) is 0 Å². The molecule has 2 rings (SSSR count). The first-order chi connectivity index (χ1) is 9.11. The molecule has 1 radical (unpaired) electrons. The fourth-order valence-electron chi connectivity index (χ4n) is 1.58. The van der Waals surface area contributed by atoms with Gasteiger partial charge in [-0.3, -0.25) is 9.59 Å². The highest BCUT2D eigenvalue weighted by molar-refractivity contribution is 9.10. The molecular formula is C14H8Br2NO2. The number of anilines is 1. The van der Waals surface area contributed by atoms with E-state index in [1.165, 1.54) is 0 Å². The zero-order valence-corrected chi connectivity index (χ0v) is 12.8. The molecule has 0 bridgehead atoms. The van der Waals surface area contributed by atoms with E-state index in [2.05, 4.69) is 31.9 Å². The quantitative estimate of drug-likeness (QED) is 0.755. The Hall–Kier alpha value is -1.46. The highest BCUT2D eigenvalue weighted by atomic mass is 79.9. The lowest BCUT2D eigenvalue weighted by atomic mass is 10.2. The normalized spacial score (nSPS) is 10.0. The maximum atomic E-state index is 12.3. The van der Waals surface area contributed by atoms with Crippen molar-refractivity contribution in [3.8, 4) is 0 Å². The molecule has 0 N–H and O–H groups in total. The van der Waals surface area contributed by atoms with E-state index in [9.17, 15) is 9.59 Å². The summed E-state index contributed by atoms with van der Waals surface area (Å²) in [6, 6.07) is 13.8. The predicted octanol–water partition coefficient (Wildman–Crippen LogP) is 3.93. The lowest BCUT2D eigenvalue weighted by Crippen LogP contribution is -2.29. The van der Waals surface area contributed by atoms with Crippen molar-refractivity contribution in [2.75, 3.05) is 4.90 Å². The van der Waals surface area contributed by atoms with Gasteiger partial charge in [-0.1, -0.05) is 44.0 Å². The van der Waals surface area contributed by atoms with Crippen LogP contribution in [-0.2, 0) is 4.79 Å². The lowest BCUT2D eigenvalue weighted by molar-refractivity contribution is 0.100. The Morgan fingerprint density at radius 1 is 1.00 bits per heavy atom. The minimum atomic E-state index is -0.422. The van der Waals surface area contributed by atoms with Crippen molar-refractivity contribution in [2.45, 2.75) is 0 Å². The van der Waals surface area contributed by atoms with Crippen LogP contribution in [0, 0.1) is 0 Å². The molecular weight excluding hydrogens is 374 g/mol. The van der Waals surface area contributed by atoms with Crippen molar-refractivity contribution < 1.29 is 9.59 Å². The number of imide groups is 1. The van der Waals surface area contributed by atoms with Gasteiger partial charge < -0.3 is 0 Å². The van der Waals surface area contributed by atoms with Gasteiger partial charge >= 0.3 is 6.41 Å². The van der Waals surface area contributed by atoms with Crippen molar-refractivity contribution in [3.63, 3.8) is 0 Å². The molecule has 95 valence electrons. The highest BCUT2D eigenvalue weighted by Gasteiger charge is 2.18. The molecule has 2 amide bonds. The van der Waals surface area contributed by atoms with Gasteiger partial charge in [0.2, 0.25) is 0 Å². The van der Waals surface area contributed by atoms with E-state index in [0.29, 0.717) is 11.3 Å². The number of benzene rings is 2. The zero-order chi connectivity index (χ0) is 13.8. The maximum absolute atomic E-state index is 12.3. The fraction of sp³-hybridized carbons (Fsp3) is 0. The first-order valence-corrected chi connectivity index (χ1v) is 6.94. The summed E-state index contributed by atoms with van der Waals surface area (Å²) < 4.78 is 1.56. The molecule has 2 aromatic rings. The number of carbonyl (C=O) groups excluding carboxylic acids is 2. The predicted molar refractivity (Wildman–Crippen MR) is 80.8 cm³/mol. The molecule has 3 nitrogen and oxygen atoms in total. The average Bonchev–Trinajstić information content (AvgIpc) is 2.39. The Morgan fingerprint density at radius 2 is 1.63 bits per heavy atom. The number of hydrogen-bond donors (Lipinski definition) is 0. The van der Waals surface area contributed by atoms with E-state index in [1.54, 1.807) is 42.8 Å². The van der Waals surface area contributed by atoms with Crippen LogP contribution in [0.3, 0.4) is 0 Å². The topological polar surface area (TPSA) is 37.4 Å². The fourth-order valence-corrected chi connectivity index (χ4v) is 2.36. The number of carbonyl (C=O) groups is 1. The third-order valence-corrected chi connectivity index (χ3v) is 3.42. The van der Waals surface area contributed by atoms with Gasteiger partial charge in [0.1, 0.15) is 0 Å². The molecule has 2 aromatic carbocycles. The van der Waals surface area contributed by atoms with Crippen LogP contribution >= 0.6 is 31.9 Å². The molecule has 0 spiro atoms. The molecule has 5 heteroatoms. The SMILES string of the molecule is O=[C]N(C(=O)c1cccc(Br)c1)c1cccc(Br)c1. The van der Waals surface area contributed by atoms with Crippen molar-refractivity contribution in [3.05, 3.63) is 63.0 Å². The Labute approximate surface area is 127 Å². The molecule has 0 heterocycles. The van der Waals surface area contributed by atoms with Crippen molar-refractivity contribution in [1.29, 1.82) is 0 Å². The van der Waals surface area contributed by atoms with Crippen LogP contribution in [0.2, 0.25) is 0 Å². The number of nitrogens with zero attached hydrogens (tertiary/aromatic N) is 1. The van der Waals surface area contributed by atoms with Gasteiger partial charge in [0.25, 0.3) is 5.91 Å². The number of amides is 2. The lowest BCUT2D eigenvalue weighted by Gasteiger charge is -2.15. The van der Waals surface area contributed by atoms with Crippen LogP contribution in [0.1, 0.15) is 10.4 Å². The molecule has 0 aromatic heterocycles. The molecule has 0 atom stereocenters. The Kier molecular flexibility index (Phi) is 4.50. The largest absolute Gasteiger partial charge is 0.324 e. The van der Waals surface area contributed by atoms with Gasteiger partial charge in [-0.15, -0.1) is 0 Å². The van der Waals surface area contributed by atoms with Crippen LogP contribution in [0.15, 0.2) is 57.5 Å². The van der Waals surface area contributed by atoms with Crippen molar-refractivity contribution >= 4 is 49.9 Å². The number of halogens is 2. The third-order valence-electron chi connectivity index (χ3n) is 2.43. The summed E-state index contributed by atoms with van der Waals surface area (Å²) in [5.74, 6) is -0.422. The Balaban J connectivity index is 2.37. The second kappa shape index (κ2) is 6.12. The van der Waals surface area contributed by atoms with E-state index in [1.807, 2.05) is 12.1 Å². The average molecular weight is 382 g/mol. The summed E-state index contributed by atoms with van der Waals surface area (Å²) in [4.78, 5) is 24.3. The van der Waals surface area contributed by atoms with Crippen LogP contribution < -0.4 is 4.90 Å². The highest BCUT2D eigenvalue weighted by Crippen LogP contribution is 2.21. The van der Waals surface area contributed by atoms with E-state index in [0.717, 1.165) is 13.8 Å². The maximum Gasteiger partial charge on any atom is 0.324 e. The van der Waals surface area contributed by atoms with E-state index < -0.39 is 5.91 Å². The third kappa shape index (κ3) is 3.30. The summed E-state index contributed by atoms with van der Waals surface area (Å²) in [7, 11) is 0. The molecule has 0 aliphatic heterocycles.